The summed E-state index contributed by atoms with van der Waals surface area (Å²) in [6, 6.07) is 32.1. The molecule has 1 aromatic heterocycles. The van der Waals surface area contributed by atoms with E-state index >= 15 is 0 Å². The zero-order valence-corrected chi connectivity index (χ0v) is 14.3. The van der Waals surface area contributed by atoms with Crippen LogP contribution in [-0.2, 0) is 12.6 Å². The van der Waals surface area contributed by atoms with Crippen molar-refractivity contribution in [3.63, 3.8) is 0 Å². The van der Waals surface area contributed by atoms with Crippen molar-refractivity contribution in [1.82, 2.24) is 4.57 Å². The van der Waals surface area contributed by atoms with Crippen LogP contribution in [0.2, 0.25) is 0 Å². The standard InChI is InChI=1S/C23H21N2/c1-24-17-18-25(19-24)23(20-11-5-2-6-12-20,21-13-7-3-8-14-21)22-15-9-4-10-16-22/h2-19H,1H3/q+1. The Kier molecular flexibility index (Phi) is 3.95. The summed E-state index contributed by atoms with van der Waals surface area (Å²) in [7, 11) is 2.06. The third kappa shape index (κ3) is 2.56. The number of imidazole rings is 1. The molecule has 25 heavy (non-hydrogen) atoms. The summed E-state index contributed by atoms with van der Waals surface area (Å²) in [4.78, 5) is 0. The molecule has 0 bridgehead atoms. The zero-order valence-electron chi connectivity index (χ0n) is 14.3. The maximum atomic E-state index is 2.30. The second kappa shape index (κ2) is 6.40. The Morgan fingerprint density at radius 3 is 1.36 bits per heavy atom. The molecule has 0 aliphatic carbocycles. The van der Waals surface area contributed by atoms with Crippen LogP contribution < -0.4 is 4.57 Å². The summed E-state index contributed by atoms with van der Waals surface area (Å²) in [6.07, 6.45) is 6.38. The van der Waals surface area contributed by atoms with E-state index in [-0.39, 0.29) is 0 Å². The minimum atomic E-state index is -0.412. The summed E-state index contributed by atoms with van der Waals surface area (Å²) < 4.78 is 4.39. The van der Waals surface area contributed by atoms with E-state index < -0.39 is 5.54 Å². The molecule has 0 N–H and O–H groups in total. The lowest BCUT2D eigenvalue weighted by Gasteiger charge is -2.32. The molecule has 0 atom stereocenters. The maximum Gasteiger partial charge on any atom is 0.244 e. The molecule has 3 aromatic carbocycles. The van der Waals surface area contributed by atoms with Crippen LogP contribution in [0.4, 0.5) is 0 Å². The predicted molar refractivity (Wildman–Crippen MR) is 100 cm³/mol. The number of nitrogens with zero attached hydrogens (tertiary/aromatic N) is 2. The van der Waals surface area contributed by atoms with Crippen LogP contribution in [0.3, 0.4) is 0 Å². The Balaban J connectivity index is 2.12. The number of aryl methyl sites for hydroxylation is 1. The average molecular weight is 325 g/mol. The van der Waals surface area contributed by atoms with Crippen molar-refractivity contribution >= 4 is 0 Å². The van der Waals surface area contributed by atoms with Gasteiger partial charge in [0.1, 0.15) is 12.4 Å². The van der Waals surface area contributed by atoms with Gasteiger partial charge in [0.2, 0.25) is 6.33 Å². The first-order valence-electron chi connectivity index (χ1n) is 8.52. The van der Waals surface area contributed by atoms with Crippen LogP contribution in [0, 0.1) is 0 Å². The molecule has 0 fully saturated rings. The highest BCUT2D eigenvalue weighted by atomic mass is 15.1. The van der Waals surface area contributed by atoms with E-state index in [9.17, 15) is 0 Å². The number of aromatic nitrogens is 2. The number of rotatable bonds is 4. The van der Waals surface area contributed by atoms with Crippen LogP contribution in [0.1, 0.15) is 16.7 Å². The van der Waals surface area contributed by atoms with Crippen LogP contribution >= 0.6 is 0 Å². The number of hydrogen-bond donors (Lipinski definition) is 0. The summed E-state index contributed by atoms with van der Waals surface area (Å²) in [5.74, 6) is 0. The largest absolute Gasteiger partial charge is 0.244 e. The highest BCUT2D eigenvalue weighted by molar-refractivity contribution is 5.50. The highest BCUT2D eigenvalue weighted by Crippen LogP contribution is 2.40. The molecule has 0 aliphatic heterocycles. The minimum Gasteiger partial charge on any atom is -0.239 e. The van der Waals surface area contributed by atoms with Gasteiger partial charge in [0.25, 0.3) is 0 Å². The van der Waals surface area contributed by atoms with Crippen LogP contribution in [0.25, 0.3) is 0 Å². The second-order valence-electron chi connectivity index (χ2n) is 6.29. The molecule has 0 saturated carbocycles. The molecule has 1 heterocycles. The van der Waals surface area contributed by atoms with Gasteiger partial charge in [-0.05, 0) is 0 Å². The molecule has 0 radical (unpaired) electrons. The molecule has 0 amide bonds. The molecule has 4 rings (SSSR count). The van der Waals surface area contributed by atoms with Crippen LogP contribution in [-0.4, -0.2) is 4.57 Å². The molecule has 0 unspecified atom stereocenters. The molecule has 0 aliphatic rings. The normalized spacial score (nSPS) is 11.4. The van der Waals surface area contributed by atoms with Crippen LogP contribution in [0.5, 0.6) is 0 Å². The summed E-state index contributed by atoms with van der Waals surface area (Å²) >= 11 is 0. The third-order valence-corrected chi connectivity index (χ3v) is 4.73. The Bertz CT molecular complexity index is 844. The monoisotopic (exact) mass is 325 g/mol. The number of benzene rings is 3. The summed E-state index contributed by atoms with van der Waals surface area (Å²) in [5, 5.41) is 0. The van der Waals surface area contributed by atoms with Crippen molar-refractivity contribution in [2.45, 2.75) is 5.54 Å². The maximum absolute atomic E-state index is 2.30. The van der Waals surface area contributed by atoms with Gasteiger partial charge < -0.3 is 0 Å². The lowest BCUT2D eigenvalue weighted by Crippen LogP contribution is -2.38. The molecule has 4 aromatic rings. The van der Waals surface area contributed by atoms with Gasteiger partial charge in [0, 0.05) is 16.7 Å². The molecular weight excluding hydrogens is 304 g/mol. The van der Waals surface area contributed by atoms with E-state index in [1.165, 1.54) is 16.7 Å². The zero-order chi connectivity index (χ0) is 17.1. The van der Waals surface area contributed by atoms with Gasteiger partial charge in [-0.3, -0.25) is 0 Å². The Labute approximate surface area is 148 Å². The SMILES string of the molecule is C[n+]1ccn(C(c2ccccc2)(c2ccccc2)c2ccccc2)c1. The van der Waals surface area contributed by atoms with Gasteiger partial charge in [-0.2, -0.15) is 0 Å². The second-order valence-corrected chi connectivity index (χ2v) is 6.29. The topological polar surface area (TPSA) is 8.81 Å². The van der Waals surface area contributed by atoms with Gasteiger partial charge in [-0.15, -0.1) is 0 Å². The smallest absolute Gasteiger partial charge is 0.239 e. The fourth-order valence-corrected chi connectivity index (χ4v) is 3.63. The van der Waals surface area contributed by atoms with E-state index in [0.717, 1.165) is 0 Å². The average Bonchev–Trinajstić information content (AvgIpc) is 3.12. The predicted octanol–water partition coefficient (Wildman–Crippen LogP) is 4.15. The first kappa shape index (κ1) is 15.4. The molecular formula is C23H21N2+. The minimum absolute atomic E-state index is 0.412. The third-order valence-electron chi connectivity index (χ3n) is 4.73. The van der Waals surface area contributed by atoms with Gasteiger partial charge in [0.15, 0.2) is 5.54 Å². The highest BCUT2D eigenvalue weighted by Gasteiger charge is 2.42. The van der Waals surface area contributed by atoms with Crippen molar-refractivity contribution in [3.8, 4) is 0 Å². The Morgan fingerprint density at radius 1 is 0.640 bits per heavy atom. The molecule has 2 heteroatoms. The molecule has 122 valence electrons. The van der Waals surface area contributed by atoms with E-state index in [2.05, 4.69) is 126 Å². The summed E-state index contributed by atoms with van der Waals surface area (Å²) in [5.41, 5.74) is 3.31. The Hall–Kier alpha value is -3.13. The van der Waals surface area contributed by atoms with Gasteiger partial charge >= 0.3 is 0 Å². The van der Waals surface area contributed by atoms with Gasteiger partial charge in [-0.1, -0.05) is 91.0 Å². The fourth-order valence-electron chi connectivity index (χ4n) is 3.63. The van der Waals surface area contributed by atoms with Crippen molar-refractivity contribution in [3.05, 3.63) is 126 Å². The molecule has 0 spiro atoms. The van der Waals surface area contributed by atoms with Crippen LogP contribution in [0.15, 0.2) is 110 Å². The quantitative estimate of drug-likeness (QED) is 0.394. The molecule has 2 nitrogen and oxygen atoms in total. The molecule has 0 saturated heterocycles. The van der Waals surface area contributed by atoms with E-state index in [1.54, 1.807) is 0 Å². The summed E-state index contributed by atoms with van der Waals surface area (Å²) in [6.45, 7) is 0. The van der Waals surface area contributed by atoms with Crippen molar-refractivity contribution in [1.29, 1.82) is 0 Å². The first-order valence-corrected chi connectivity index (χ1v) is 8.52. The van der Waals surface area contributed by atoms with E-state index in [4.69, 9.17) is 0 Å². The van der Waals surface area contributed by atoms with Gasteiger partial charge in [-0.25, -0.2) is 9.13 Å². The van der Waals surface area contributed by atoms with Crippen molar-refractivity contribution < 1.29 is 4.57 Å². The first-order chi connectivity index (χ1) is 12.3. The fraction of sp³-hybridized carbons (Fsp3) is 0.0870. The Morgan fingerprint density at radius 2 is 1.04 bits per heavy atom. The van der Waals surface area contributed by atoms with Crippen molar-refractivity contribution in [2.75, 3.05) is 0 Å². The van der Waals surface area contributed by atoms with E-state index in [1.807, 2.05) is 0 Å². The van der Waals surface area contributed by atoms with Crippen molar-refractivity contribution in [2.24, 2.45) is 7.05 Å². The lowest BCUT2D eigenvalue weighted by molar-refractivity contribution is -0.671. The lowest BCUT2D eigenvalue weighted by atomic mass is 9.77. The number of hydrogen-bond acceptors (Lipinski definition) is 0. The van der Waals surface area contributed by atoms with E-state index in [0.29, 0.717) is 0 Å². The van der Waals surface area contributed by atoms with Gasteiger partial charge in [0.05, 0.1) is 7.05 Å².